The largest absolute Gasteiger partial charge is 0.497 e. The molecule has 0 spiro atoms. The fourth-order valence-electron chi connectivity index (χ4n) is 3.62. The van der Waals surface area contributed by atoms with Crippen LogP contribution in [0.25, 0.3) is 0 Å². The van der Waals surface area contributed by atoms with Gasteiger partial charge in [-0.15, -0.1) is 0 Å². The minimum Gasteiger partial charge on any atom is -0.497 e. The second-order valence-corrected chi connectivity index (χ2v) is 7.49. The van der Waals surface area contributed by atoms with Crippen molar-refractivity contribution in [3.05, 3.63) is 59.7 Å². The topological polar surface area (TPSA) is 50.8 Å². The van der Waals surface area contributed by atoms with Gasteiger partial charge in [-0.1, -0.05) is 31.2 Å². The van der Waals surface area contributed by atoms with Crippen molar-refractivity contribution in [2.24, 2.45) is 5.92 Å². The summed E-state index contributed by atoms with van der Waals surface area (Å²) >= 11 is 0. The Labute approximate surface area is 167 Å². The van der Waals surface area contributed by atoms with Crippen molar-refractivity contribution in [1.29, 1.82) is 0 Å². The van der Waals surface area contributed by atoms with Gasteiger partial charge in [-0.2, -0.15) is 0 Å². The molecule has 2 aromatic carbocycles. The van der Waals surface area contributed by atoms with E-state index in [-0.39, 0.29) is 12.5 Å². The number of nitrogens with zero attached hydrogens (tertiary/aromatic N) is 1. The summed E-state index contributed by atoms with van der Waals surface area (Å²) in [4.78, 5) is 14.7. The summed E-state index contributed by atoms with van der Waals surface area (Å²) in [5, 5.41) is 2.97. The van der Waals surface area contributed by atoms with E-state index in [2.05, 4.69) is 35.3 Å². The Morgan fingerprint density at radius 2 is 1.82 bits per heavy atom. The minimum absolute atomic E-state index is 0.00185. The molecule has 0 radical (unpaired) electrons. The zero-order valence-electron chi connectivity index (χ0n) is 16.8. The molecule has 1 aliphatic rings. The van der Waals surface area contributed by atoms with Crippen LogP contribution in [0.4, 0.5) is 0 Å². The number of carbonyl (C=O) groups excluding carboxylic acids is 1. The summed E-state index contributed by atoms with van der Waals surface area (Å²) in [7, 11) is 1.62. The van der Waals surface area contributed by atoms with Crippen molar-refractivity contribution in [3.63, 3.8) is 0 Å². The first-order valence-corrected chi connectivity index (χ1v) is 9.96. The number of nitrogens with one attached hydrogen (secondary N) is 1. The highest BCUT2D eigenvalue weighted by molar-refractivity contribution is 5.77. The Hall–Kier alpha value is -2.53. The average molecular weight is 383 g/mol. The van der Waals surface area contributed by atoms with E-state index in [1.165, 1.54) is 24.0 Å². The number of ether oxygens (including phenoxy) is 2. The highest BCUT2D eigenvalue weighted by Gasteiger charge is 2.17. The zero-order valence-corrected chi connectivity index (χ0v) is 16.8. The molecule has 1 fully saturated rings. The third-order valence-electron chi connectivity index (χ3n) is 5.16. The molecule has 28 heavy (non-hydrogen) atoms. The molecule has 1 amide bonds. The average Bonchev–Trinajstić information content (AvgIpc) is 2.72. The van der Waals surface area contributed by atoms with Gasteiger partial charge in [-0.25, -0.2) is 0 Å². The van der Waals surface area contributed by atoms with Crippen LogP contribution in [-0.4, -0.2) is 37.6 Å². The lowest BCUT2D eigenvalue weighted by molar-refractivity contribution is -0.123. The maximum atomic E-state index is 12.2. The number of hydrogen-bond donors (Lipinski definition) is 1. The number of piperidine rings is 1. The van der Waals surface area contributed by atoms with Gasteiger partial charge in [0.05, 0.1) is 7.11 Å². The summed E-state index contributed by atoms with van der Waals surface area (Å²) in [5.41, 5.74) is 2.45. The van der Waals surface area contributed by atoms with E-state index >= 15 is 0 Å². The molecular weight excluding hydrogens is 352 g/mol. The van der Waals surface area contributed by atoms with Gasteiger partial charge in [-0.05, 0) is 60.7 Å². The molecule has 0 aromatic heterocycles. The van der Waals surface area contributed by atoms with Crippen molar-refractivity contribution < 1.29 is 14.3 Å². The molecule has 0 unspecified atom stereocenters. The molecule has 150 valence electrons. The van der Waals surface area contributed by atoms with E-state index < -0.39 is 0 Å². The monoisotopic (exact) mass is 382 g/mol. The second-order valence-electron chi connectivity index (χ2n) is 7.49. The first-order chi connectivity index (χ1) is 13.6. The highest BCUT2D eigenvalue weighted by Crippen LogP contribution is 2.20. The number of hydrogen-bond acceptors (Lipinski definition) is 4. The summed E-state index contributed by atoms with van der Waals surface area (Å²) in [6.45, 7) is 6.08. The van der Waals surface area contributed by atoms with Gasteiger partial charge < -0.3 is 14.8 Å². The van der Waals surface area contributed by atoms with E-state index in [1.807, 2.05) is 18.2 Å². The summed E-state index contributed by atoms with van der Waals surface area (Å²) < 4.78 is 10.7. The molecule has 3 rings (SSSR count). The third-order valence-corrected chi connectivity index (χ3v) is 5.16. The standard InChI is InChI=1S/C23H30N2O3/c1-18-6-5-13-25(15-18)16-20-8-4-3-7-19(20)14-24-23(26)17-28-22-11-9-21(27-2)10-12-22/h3-4,7-12,18H,5-6,13-17H2,1-2H3,(H,24,26)/t18-/m1/s1. The molecule has 0 bridgehead atoms. The van der Waals surface area contributed by atoms with Gasteiger partial charge in [0.25, 0.3) is 5.91 Å². The lowest BCUT2D eigenvalue weighted by Crippen LogP contribution is -2.34. The van der Waals surface area contributed by atoms with Crippen LogP contribution in [0.15, 0.2) is 48.5 Å². The lowest BCUT2D eigenvalue weighted by atomic mass is 9.99. The van der Waals surface area contributed by atoms with Gasteiger partial charge in [0, 0.05) is 19.6 Å². The first kappa shape index (κ1) is 20.2. The van der Waals surface area contributed by atoms with Crippen LogP contribution in [0.3, 0.4) is 0 Å². The predicted octanol–water partition coefficient (Wildman–Crippen LogP) is 3.62. The molecule has 2 aromatic rings. The second kappa shape index (κ2) is 10.1. The summed E-state index contributed by atoms with van der Waals surface area (Å²) in [6, 6.07) is 15.6. The maximum Gasteiger partial charge on any atom is 0.258 e. The quantitative estimate of drug-likeness (QED) is 0.758. The molecular formula is C23H30N2O3. The molecule has 0 aliphatic carbocycles. The van der Waals surface area contributed by atoms with E-state index in [9.17, 15) is 4.79 Å². The fourth-order valence-corrected chi connectivity index (χ4v) is 3.62. The number of likely N-dealkylation sites (tertiary alicyclic amines) is 1. The van der Waals surface area contributed by atoms with Crippen molar-refractivity contribution in [2.75, 3.05) is 26.8 Å². The summed E-state index contributed by atoms with van der Waals surface area (Å²) in [5.74, 6) is 2.04. The number of methoxy groups -OCH3 is 1. The van der Waals surface area contributed by atoms with Gasteiger partial charge in [0.15, 0.2) is 6.61 Å². The smallest absolute Gasteiger partial charge is 0.258 e. The van der Waals surface area contributed by atoms with Crippen LogP contribution < -0.4 is 14.8 Å². The lowest BCUT2D eigenvalue weighted by Gasteiger charge is -2.31. The van der Waals surface area contributed by atoms with Crippen LogP contribution in [-0.2, 0) is 17.9 Å². The normalized spacial score (nSPS) is 17.1. The highest BCUT2D eigenvalue weighted by atomic mass is 16.5. The van der Waals surface area contributed by atoms with Gasteiger partial charge >= 0.3 is 0 Å². The molecule has 1 saturated heterocycles. The Kier molecular flexibility index (Phi) is 7.31. The molecule has 5 heteroatoms. The Balaban J connectivity index is 1.48. The Bertz CT molecular complexity index is 761. The van der Waals surface area contributed by atoms with Crippen LogP contribution >= 0.6 is 0 Å². The fraction of sp³-hybridized carbons (Fsp3) is 0.435. The molecule has 1 heterocycles. The Morgan fingerprint density at radius 1 is 1.11 bits per heavy atom. The van der Waals surface area contributed by atoms with E-state index in [0.29, 0.717) is 12.3 Å². The van der Waals surface area contributed by atoms with Crippen LogP contribution in [0.2, 0.25) is 0 Å². The molecule has 1 aliphatic heterocycles. The minimum atomic E-state index is -0.128. The van der Waals surface area contributed by atoms with Crippen molar-refractivity contribution in [2.45, 2.75) is 32.9 Å². The molecule has 0 saturated carbocycles. The van der Waals surface area contributed by atoms with Crippen molar-refractivity contribution >= 4 is 5.91 Å². The van der Waals surface area contributed by atoms with Gasteiger partial charge in [0.2, 0.25) is 0 Å². The maximum absolute atomic E-state index is 12.2. The number of rotatable bonds is 8. The van der Waals surface area contributed by atoms with Crippen molar-refractivity contribution in [3.8, 4) is 11.5 Å². The Morgan fingerprint density at radius 3 is 2.54 bits per heavy atom. The number of amides is 1. The van der Waals surface area contributed by atoms with Crippen molar-refractivity contribution in [1.82, 2.24) is 10.2 Å². The third kappa shape index (κ3) is 5.99. The SMILES string of the molecule is COc1ccc(OCC(=O)NCc2ccccc2CN2CCC[C@@H](C)C2)cc1. The first-order valence-electron chi connectivity index (χ1n) is 9.96. The predicted molar refractivity (Wildman–Crippen MR) is 110 cm³/mol. The van der Waals surface area contributed by atoms with Gasteiger partial charge in [0.1, 0.15) is 11.5 Å². The van der Waals surface area contributed by atoms with E-state index in [1.54, 1.807) is 19.2 Å². The summed E-state index contributed by atoms with van der Waals surface area (Å²) in [6.07, 6.45) is 2.59. The van der Waals surface area contributed by atoms with E-state index in [4.69, 9.17) is 9.47 Å². The molecule has 5 nitrogen and oxygen atoms in total. The zero-order chi connectivity index (χ0) is 19.8. The van der Waals surface area contributed by atoms with Crippen LogP contribution in [0.5, 0.6) is 11.5 Å². The molecule has 1 atom stereocenters. The molecule has 1 N–H and O–H groups in total. The van der Waals surface area contributed by atoms with E-state index in [0.717, 1.165) is 31.3 Å². The van der Waals surface area contributed by atoms with Crippen LogP contribution in [0.1, 0.15) is 30.9 Å². The van der Waals surface area contributed by atoms with Crippen LogP contribution in [0, 0.1) is 5.92 Å². The number of carbonyl (C=O) groups is 1. The van der Waals surface area contributed by atoms with Gasteiger partial charge in [-0.3, -0.25) is 9.69 Å². The number of benzene rings is 2.